The zero-order valence-electron chi connectivity index (χ0n) is 16.2. The first-order valence-electron chi connectivity index (χ1n) is 8.97. The molecule has 0 saturated heterocycles. The number of thiophene rings is 1. The molecule has 0 radical (unpaired) electrons. The SMILES string of the molecule is COc1ccc(NC(=O)CN(Cc2ccsc2)C2CC2)cc1S(=O)(=O)N(C)C. The highest BCUT2D eigenvalue weighted by molar-refractivity contribution is 7.89. The highest BCUT2D eigenvalue weighted by atomic mass is 32.2. The van der Waals surface area contributed by atoms with Crippen molar-refractivity contribution in [1.29, 1.82) is 0 Å². The van der Waals surface area contributed by atoms with Crippen molar-refractivity contribution < 1.29 is 17.9 Å². The van der Waals surface area contributed by atoms with Gasteiger partial charge in [-0.2, -0.15) is 11.3 Å². The number of benzene rings is 1. The van der Waals surface area contributed by atoms with Crippen LogP contribution in [0.3, 0.4) is 0 Å². The molecule has 152 valence electrons. The van der Waals surface area contributed by atoms with Crippen molar-refractivity contribution in [2.45, 2.75) is 30.3 Å². The Morgan fingerprint density at radius 3 is 2.61 bits per heavy atom. The minimum absolute atomic E-state index is 0.0233. The Bertz CT molecular complexity index is 923. The fourth-order valence-electron chi connectivity index (χ4n) is 2.91. The van der Waals surface area contributed by atoms with E-state index in [2.05, 4.69) is 21.7 Å². The van der Waals surface area contributed by atoms with Crippen molar-refractivity contribution in [3.05, 3.63) is 40.6 Å². The van der Waals surface area contributed by atoms with Crippen LogP contribution in [0.25, 0.3) is 0 Å². The average molecular weight is 424 g/mol. The number of hydrogen-bond donors (Lipinski definition) is 1. The number of sulfonamides is 1. The van der Waals surface area contributed by atoms with Crippen LogP contribution in [0.2, 0.25) is 0 Å². The molecule has 2 aromatic rings. The molecule has 28 heavy (non-hydrogen) atoms. The molecule has 1 fully saturated rings. The zero-order valence-corrected chi connectivity index (χ0v) is 17.8. The van der Waals surface area contributed by atoms with Crippen LogP contribution in [0.5, 0.6) is 5.75 Å². The van der Waals surface area contributed by atoms with Gasteiger partial charge in [0.25, 0.3) is 0 Å². The van der Waals surface area contributed by atoms with Crippen molar-refractivity contribution in [3.63, 3.8) is 0 Å². The van der Waals surface area contributed by atoms with Gasteiger partial charge in [-0.3, -0.25) is 9.69 Å². The van der Waals surface area contributed by atoms with Gasteiger partial charge in [-0.25, -0.2) is 12.7 Å². The minimum atomic E-state index is -3.69. The summed E-state index contributed by atoms with van der Waals surface area (Å²) in [5.41, 5.74) is 1.63. The number of carbonyl (C=O) groups is 1. The highest BCUT2D eigenvalue weighted by Gasteiger charge is 2.30. The smallest absolute Gasteiger partial charge is 0.246 e. The van der Waals surface area contributed by atoms with Crippen LogP contribution in [0, 0.1) is 0 Å². The number of methoxy groups -OCH3 is 1. The third-order valence-corrected chi connectivity index (χ3v) is 7.15. The Kier molecular flexibility index (Phi) is 6.39. The Balaban J connectivity index is 1.72. The van der Waals surface area contributed by atoms with E-state index in [0.717, 1.165) is 23.7 Å². The molecule has 1 heterocycles. The standard InChI is InChI=1S/C19H25N3O4S2/c1-21(2)28(24,25)18-10-15(4-7-17(18)26-3)20-19(23)12-22(16-5-6-16)11-14-8-9-27-13-14/h4,7-10,13,16H,5-6,11-12H2,1-3H3,(H,20,23). The number of rotatable bonds is 9. The van der Waals surface area contributed by atoms with Crippen LogP contribution in [-0.4, -0.2) is 57.3 Å². The average Bonchev–Trinajstić information content (AvgIpc) is 3.38. The molecule has 1 aromatic heterocycles. The van der Waals surface area contributed by atoms with Crippen LogP contribution in [-0.2, 0) is 21.4 Å². The van der Waals surface area contributed by atoms with Gasteiger partial charge in [0.2, 0.25) is 15.9 Å². The molecule has 1 amide bonds. The number of nitrogens with zero attached hydrogens (tertiary/aromatic N) is 2. The number of ether oxygens (including phenoxy) is 1. The summed E-state index contributed by atoms with van der Waals surface area (Å²) in [6, 6.07) is 7.14. The molecule has 1 N–H and O–H groups in total. The molecule has 0 atom stereocenters. The van der Waals surface area contributed by atoms with Crippen LogP contribution in [0.15, 0.2) is 39.9 Å². The van der Waals surface area contributed by atoms with Crippen molar-refractivity contribution in [1.82, 2.24) is 9.21 Å². The van der Waals surface area contributed by atoms with Gasteiger partial charge in [-0.1, -0.05) is 0 Å². The summed E-state index contributed by atoms with van der Waals surface area (Å²) < 4.78 is 31.4. The lowest BCUT2D eigenvalue weighted by molar-refractivity contribution is -0.117. The second kappa shape index (κ2) is 8.60. The predicted octanol–water partition coefficient (Wildman–Crippen LogP) is 2.61. The van der Waals surface area contributed by atoms with E-state index in [-0.39, 0.29) is 23.1 Å². The van der Waals surface area contributed by atoms with Crippen LogP contribution in [0.4, 0.5) is 5.69 Å². The number of anilines is 1. The monoisotopic (exact) mass is 423 g/mol. The topological polar surface area (TPSA) is 79.0 Å². The van der Waals surface area contributed by atoms with E-state index in [1.165, 1.54) is 32.8 Å². The van der Waals surface area contributed by atoms with Gasteiger partial charge in [-0.15, -0.1) is 0 Å². The number of amides is 1. The van der Waals surface area contributed by atoms with Crippen molar-refractivity contribution >= 4 is 33.0 Å². The quantitative estimate of drug-likeness (QED) is 0.671. The van der Waals surface area contributed by atoms with E-state index in [0.29, 0.717) is 11.7 Å². The van der Waals surface area contributed by atoms with Gasteiger partial charge >= 0.3 is 0 Å². The van der Waals surface area contributed by atoms with Crippen LogP contribution < -0.4 is 10.1 Å². The van der Waals surface area contributed by atoms with Gasteiger partial charge in [0.15, 0.2) is 0 Å². The molecule has 1 aliphatic carbocycles. The summed E-state index contributed by atoms with van der Waals surface area (Å²) >= 11 is 1.64. The second-order valence-electron chi connectivity index (χ2n) is 6.97. The summed E-state index contributed by atoms with van der Waals surface area (Å²) in [5, 5.41) is 6.95. The number of nitrogens with one attached hydrogen (secondary N) is 1. The Morgan fingerprint density at radius 1 is 1.29 bits per heavy atom. The van der Waals surface area contributed by atoms with E-state index in [1.54, 1.807) is 23.5 Å². The van der Waals surface area contributed by atoms with Gasteiger partial charge in [-0.05, 0) is 53.4 Å². The summed E-state index contributed by atoms with van der Waals surface area (Å²) in [7, 11) is 0.639. The normalized spacial score (nSPS) is 14.5. The maximum Gasteiger partial charge on any atom is 0.246 e. The van der Waals surface area contributed by atoms with Gasteiger partial charge < -0.3 is 10.1 Å². The van der Waals surface area contributed by atoms with Crippen molar-refractivity contribution in [3.8, 4) is 5.75 Å². The zero-order chi connectivity index (χ0) is 20.3. The molecule has 9 heteroatoms. The molecule has 0 bridgehead atoms. The Morgan fingerprint density at radius 2 is 2.04 bits per heavy atom. The van der Waals surface area contributed by atoms with Gasteiger partial charge in [0.05, 0.1) is 13.7 Å². The second-order valence-corrected chi connectivity index (χ2v) is 9.87. The van der Waals surface area contributed by atoms with Crippen LogP contribution >= 0.6 is 11.3 Å². The summed E-state index contributed by atoms with van der Waals surface area (Å²) in [6.07, 6.45) is 2.20. The van der Waals surface area contributed by atoms with E-state index in [9.17, 15) is 13.2 Å². The summed E-state index contributed by atoms with van der Waals surface area (Å²) in [4.78, 5) is 14.8. The first-order valence-corrected chi connectivity index (χ1v) is 11.3. The lowest BCUT2D eigenvalue weighted by atomic mass is 10.2. The summed E-state index contributed by atoms with van der Waals surface area (Å²) in [6.45, 7) is 1.01. The molecule has 3 rings (SSSR count). The number of hydrogen-bond acceptors (Lipinski definition) is 6. The predicted molar refractivity (Wildman–Crippen MR) is 110 cm³/mol. The highest BCUT2D eigenvalue weighted by Crippen LogP contribution is 2.30. The number of carbonyl (C=O) groups excluding carboxylic acids is 1. The van der Waals surface area contributed by atoms with E-state index >= 15 is 0 Å². The lowest BCUT2D eigenvalue weighted by Gasteiger charge is -2.21. The van der Waals surface area contributed by atoms with Crippen LogP contribution in [0.1, 0.15) is 18.4 Å². The van der Waals surface area contributed by atoms with Gasteiger partial charge in [0, 0.05) is 32.4 Å². The first-order chi connectivity index (χ1) is 13.3. The molecule has 1 saturated carbocycles. The van der Waals surface area contributed by atoms with Crippen molar-refractivity contribution in [2.24, 2.45) is 0 Å². The van der Waals surface area contributed by atoms with E-state index < -0.39 is 10.0 Å². The molecule has 1 aliphatic rings. The largest absolute Gasteiger partial charge is 0.495 e. The van der Waals surface area contributed by atoms with Crippen molar-refractivity contribution in [2.75, 3.05) is 33.1 Å². The lowest BCUT2D eigenvalue weighted by Crippen LogP contribution is -2.34. The molecule has 0 spiro atoms. The fraction of sp³-hybridized carbons (Fsp3) is 0.421. The molecule has 0 unspecified atom stereocenters. The minimum Gasteiger partial charge on any atom is -0.495 e. The van der Waals surface area contributed by atoms with E-state index in [1.807, 2.05) is 5.38 Å². The maximum absolute atomic E-state index is 12.6. The molecular weight excluding hydrogens is 398 g/mol. The Labute approximate surface area is 170 Å². The van der Waals surface area contributed by atoms with E-state index in [4.69, 9.17) is 4.74 Å². The van der Waals surface area contributed by atoms with Gasteiger partial charge in [0.1, 0.15) is 10.6 Å². The molecule has 1 aromatic carbocycles. The summed E-state index contributed by atoms with van der Waals surface area (Å²) in [5.74, 6) is 0.0734. The third kappa shape index (κ3) is 4.91. The molecule has 7 nitrogen and oxygen atoms in total. The molecular formula is C19H25N3O4S2. The maximum atomic E-state index is 12.6. The fourth-order valence-corrected chi connectivity index (χ4v) is 4.64. The molecule has 0 aliphatic heterocycles. The third-order valence-electron chi connectivity index (χ3n) is 4.58. The first kappa shape index (κ1) is 20.8. The Hall–Kier alpha value is -1.94.